The molecule has 10 nitrogen and oxygen atoms in total. The highest BCUT2D eigenvalue weighted by molar-refractivity contribution is 5.73. The van der Waals surface area contributed by atoms with E-state index in [0.29, 0.717) is 5.92 Å². The third-order valence-corrected chi connectivity index (χ3v) is 9.53. The van der Waals surface area contributed by atoms with E-state index in [1.165, 1.54) is 0 Å². The van der Waals surface area contributed by atoms with E-state index in [-0.39, 0.29) is 36.4 Å². The number of carbonyl (C=O) groups excluding carboxylic acids is 2. The lowest BCUT2D eigenvalue weighted by Crippen LogP contribution is -2.40. The molecule has 2 N–H and O–H groups in total. The Balaban J connectivity index is 1.02. The summed E-state index contributed by atoms with van der Waals surface area (Å²) in [5.74, 6) is 2.12. The summed E-state index contributed by atoms with van der Waals surface area (Å²) in [5.41, 5.74) is 5.03. The molecule has 4 aromatic rings. The number of piperidine rings is 1. The van der Waals surface area contributed by atoms with Gasteiger partial charge in [0.05, 0.1) is 35.9 Å². The van der Waals surface area contributed by atoms with Gasteiger partial charge in [0.25, 0.3) is 0 Å². The monoisotopic (exact) mass is 650 g/mol. The quantitative estimate of drug-likeness (QED) is 0.223. The van der Waals surface area contributed by atoms with Gasteiger partial charge in [0.1, 0.15) is 22.9 Å². The first-order chi connectivity index (χ1) is 22.7. The number of fused-ring (bicyclic) bond motifs is 1. The molecular weight excluding hydrogens is 604 g/mol. The average molecular weight is 651 g/mol. The third-order valence-electron chi connectivity index (χ3n) is 9.53. The Bertz CT molecular complexity index is 1680. The Morgan fingerprint density at radius 1 is 0.667 bits per heavy atom. The minimum Gasteiger partial charge on any atom is -0.444 e. The second kappa shape index (κ2) is 11.8. The first kappa shape index (κ1) is 32.0. The zero-order chi connectivity index (χ0) is 34.0. The smallest absolute Gasteiger partial charge is 0.411 e. The van der Waals surface area contributed by atoms with Gasteiger partial charge in [-0.2, -0.15) is 0 Å². The molecule has 4 heterocycles. The number of amides is 2. The molecule has 10 heteroatoms. The van der Waals surface area contributed by atoms with Crippen LogP contribution in [0.4, 0.5) is 9.59 Å². The highest BCUT2D eigenvalue weighted by atomic mass is 16.6. The lowest BCUT2D eigenvalue weighted by molar-refractivity contribution is 0.0147. The normalized spacial score (nSPS) is 23.7. The number of hydrogen-bond donors (Lipinski definition) is 2. The lowest BCUT2D eigenvalue weighted by Gasteiger charge is -2.30. The third kappa shape index (κ3) is 6.44. The number of imidazole rings is 2. The average Bonchev–Trinajstić information content (AvgIpc) is 3.51. The van der Waals surface area contributed by atoms with Gasteiger partial charge in [-0.1, -0.05) is 48.5 Å². The molecule has 1 saturated carbocycles. The van der Waals surface area contributed by atoms with Crippen molar-refractivity contribution >= 4 is 12.2 Å². The lowest BCUT2D eigenvalue weighted by atomic mass is 10.0. The van der Waals surface area contributed by atoms with Crippen molar-refractivity contribution < 1.29 is 19.1 Å². The van der Waals surface area contributed by atoms with Crippen molar-refractivity contribution in [1.29, 1.82) is 0 Å². The van der Waals surface area contributed by atoms with E-state index >= 15 is 0 Å². The van der Waals surface area contributed by atoms with Crippen LogP contribution in [0.3, 0.4) is 0 Å². The molecule has 2 aromatic heterocycles. The van der Waals surface area contributed by atoms with Crippen molar-refractivity contribution in [3.8, 4) is 33.6 Å². The fourth-order valence-corrected chi connectivity index (χ4v) is 7.14. The Morgan fingerprint density at radius 3 is 1.62 bits per heavy atom. The largest absolute Gasteiger partial charge is 0.444 e. The second-order valence-corrected chi connectivity index (χ2v) is 15.6. The summed E-state index contributed by atoms with van der Waals surface area (Å²) in [5, 5.41) is 0. The van der Waals surface area contributed by atoms with Gasteiger partial charge in [-0.05, 0) is 102 Å². The van der Waals surface area contributed by atoms with Crippen LogP contribution < -0.4 is 0 Å². The van der Waals surface area contributed by atoms with Gasteiger partial charge >= 0.3 is 12.2 Å². The number of rotatable bonds is 5. The number of hydrogen-bond acceptors (Lipinski definition) is 6. The van der Waals surface area contributed by atoms with Crippen molar-refractivity contribution in [1.82, 2.24) is 29.7 Å². The number of nitrogens with one attached hydrogen (secondary N) is 2. The van der Waals surface area contributed by atoms with Gasteiger partial charge in [-0.25, -0.2) is 19.6 Å². The van der Waals surface area contributed by atoms with Crippen LogP contribution in [0.1, 0.15) is 97.9 Å². The van der Waals surface area contributed by atoms with Crippen LogP contribution >= 0.6 is 0 Å². The maximum atomic E-state index is 13.0. The van der Waals surface area contributed by atoms with Gasteiger partial charge in [0, 0.05) is 12.1 Å². The SMILES string of the molecule is CC1CCC(c2ncc(-c3ccc(-c4ccc(-c5cnc(C6CC7CC7N6C(=O)OC(C)(C)C)[nH]5)cc4)cc3)[nH]2)N1C(=O)OC(C)(C)C. The van der Waals surface area contributed by atoms with Crippen LogP contribution in [0.2, 0.25) is 0 Å². The number of nitrogens with zero attached hydrogens (tertiary/aromatic N) is 4. The van der Waals surface area contributed by atoms with Crippen molar-refractivity contribution in [2.24, 2.45) is 5.92 Å². The molecule has 5 atom stereocenters. The van der Waals surface area contributed by atoms with Gasteiger partial charge in [0.2, 0.25) is 0 Å². The van der Waals surface area contributed by atoms with Gasteiger partial charge in [-0.3, -0.25) is 9.80 Å². The second-order valence-electron chi connectivity index (χ2n) is 15.6. The van der Waals surface area contributed by atoms with Crippen molar-refractivity contribution in [3.63, 3.8) is 0 Å². The molecule has 1 aliphatic carbocycles. The molecule has 252 valence electrons. The van der Waals surface area contributed by atoms with E-state index in [1.807, 2.05) is 63.7 Å². The number of likely N-dealkylation sites (tertiary alicyclic amines) is 2. The van der Waals surface area contributed by atoms with Crippen LogP contribution in [0.15, 0.2) is 60.9 Å². The number of benzene rings is 2. The summed E-state index contributed by atoms with van der Waals surface area (Å²) in [4.78, 5) is 46.0. The molecule has 5 unspecified atom stereocenters. The van der Waals surface area contributed by atoms with Gasteiger partial charge < -0.3 is 19.4 Å². The van der Waals surface area contributed by atoms with Crippen LogP contribution in [0.25, 0.3) is 33.6 Å². The molecule has 3 fully saturated rings. The number of aromatic nitrogens is 4. The molecule has 0 radical (unpaired) electrons. The van der Waals surface area contributed by atoms with Crippen molar-refractivity contribution in [2.45, 2.75) is 110 Å². The summed E-state index contributed by atoms with van der Waals surface area (Å²) >= 11 is 0. The number of carbonyl (C=O) groups is 2. The number of ether oxygens (including phenoxy) is 2. The maximum Gasteiger partial charge on any atom is 0.411 e. The molecule has 2 aromatic carbocycles. The molecule has 3 aliphatic rings. The highest BCUT2D eigenvalue weighted by Gasteiger charge is 2.56. The molecule has 48 heavy (non-hydrogen) atoms. The molecule has 7 rings (SSSR count). The Morgan fingerprint density at radius 2 is 1.12 bits per heavy atom. The van der Waals surface area contributed by atoms with Crippen molar-refractivity contribution in [3.05, 3.63) is 72.6 Å². The number of aromatic amines is 2. The predicted octanol–water partition coefficient (Wildman–Crippen LogP) is 8.66. The zero-order valence-corrected chi connectivity index (χ0v) is 28.9. The summed E-state index contributed by atoms with van der Waals surface area (Å²) in [6.07, 6.45) is 6.85. The zero-order valence-electron chi connectivity index (χ0n) is 28.9. The van der Waals surface area contributed by atoms with E-state index in [9.17, 15) is 9.59 Å². The molecular formula is C38H46N6O4. The maximum absolute atomic E-state index is 13.0. The highest BCUT2D eigenvalue weighted by Crippen LogP contribution is 2.53. The molecule has 0 spiro atoms. The molecule has 2 aliphatic heterocycles. The Labute approximate surface area is 282 Å². The Hall–Kier alpha value is -4.60. The number of H-pyrrole nitrogens is 2. The van der Waals surface area contributed by atoms with E-state index in [4.69, 9.17) is 14.5 Å². The minimum absolute atomic E-state index is 0.0895. The fraction of sp³-hybridized carbons (Fsp3) is 0.474. The van der Waals surface area contributed by atoms with Crippen molar-refractivity contribution in [2.75, 3.05) is 0 Å². The van der Waals surface area contributed by atoms with E-state index in [1.54, 1.807) is 0 Å². The van der Waals surface area contributed by atoms with Crippen LogP contribution in [-0.2, 0) is 9.47 Å². The van der Waals surface area contributed by atoms with Crippen LogP contribution in [0, 0.1) is 5.92 Å². The molecule has 2 amide bonds. The topological polar surface area (TPSA) is 116 Å². The Kier molecular flexibility index (Phi) is 7.88. The fourth-order valence-electron chi connectivity index (χ4n) is 7.14. The van der Waals surface area contributed by atoms with Crippen LogP contribution in [-0.4, -0.2) is 65.2 Å². The molecule has 2 saturated heterocycles. The first-order valence-corrected chi connectivity index (χ1v) is 17.1. The van der Waals surface area contributed by atoms with E-state index in [2.05, 4.69) is 70.4 Å². The van der Waals surface area contributed by atoms with Gasteiger partial charge in [-0.15, -0.1) is 0 Å². The summed E-state index contributed by atoms with van der Waals surface area (Å²) in [6, 6.07) is 16.9. The van der Waals surface area contributed by atoms with Gasteiger partial charge in [0.15, 0.2) is 0 Å². The minimum atomic E-state index is -0.550. The standard InChI is InChI=1S/C38H46N6O4/c1-22-8-17-30(43(22)35(45)47-37(2,3)4)33-39-20-28(41-33)25-13-9-23(10-14-25)24-11-15-26(16-12-24)29-21-40-34(42-29)32-19-27-18-31(27)44(32)36(46)48-38(5,6)7/h9-16,20-22,27,30-32H,8,17-19H2,1-7H3,(H,39,41)(H,40,42). The van der Waals surface area contributed by atoms with E-state index in [0.717, 1.165) is 71.0 Å². The summed E-state index contributed by atoms with van der Waals surface area (Å²) in [7, 11) is 0. The first-order valence-electron chi connectivity index (χ1n) is 17.1. The predicted molar refractivity (Wildman–Crippen MR) is 184 cm³/mol. The molecule has 0 bridgehead atoms. The summed E-state index contributed by atoms with van der Waals surface area (Å²) < 4.78 is 11.4. The van der Waals surface area contributed by atoms with Crippen LogP contribution in [0.5, 0.6) is 0 Å². The van der Waals surface area contributed by atoms with E-state index < -0.39 is 11.2 Å². The summed E-state index contributed by atoms with van der Waals surface area (Å²) in [6.45, 7) is 13.4.